The van der Waals surface area contributed by atoms with Crippen molar-refractivity contribution in [2.45, 2.75) is 19.4 Å². The molecule has 1 aromatic rings. The molecule has 2 unspecified atom stereocenters. The Bertz CT molecular complexity index is 482. The first-order valence-electron chi connectivity index (χ1n) is 5.82. The van der Waals surface area contributed by atoms with Crippen LogP contribution in [0.3, 0.4) is 0 Å². The van der Waals surface area contributed by atoms with Gasteiger partial charge < -0.3 is 5.32 Å². The molecule has 2 rings (SSSR count). The largest absolute Gasteiger partial charge is 0.313 e. The minimum atomic E-state index is -2.83. The van der Waals surface area contributed by atoms with Crippen LogP contribution in [0.1, 0.15) is 23.7 Å². The molecule has 4 nitrogen and oxygen atoms in total. The van der Waals surface area contributed by atoms with Crippen molar-refractivity contribution in [3.63, 3.8) is 0 Å². The minimum Gasteiger partial charge on any atom is -0.313 e. The normalized spacial score (nSPS) is 24.7. The summed E-state index contributed by atoms with van der Waals surface area (Å²) in [5.41, 5.74) is 2.04. The second kappa shape index (κ2) is 4.74. The highest BCUT2D eigenvalue weighted by Gasteiger charge is 2.33. The van der Waals surface area contributed by atoms with Crippen LogP contribution in [-0.4, -0.2) is 32.0 Å². The smallest absolute Gasteiger partial charge is 0.150 e. The molecule has 17 heavy (non-hydrogen) atoms. The Kier molecular flexibility index (Phi) is 3.49. The lowest BCUT2D eigenvalue weighted by molar-refractivity contribution is 0.417. The lowest BCUT2D eigenvalue weighted by Gasteiger charge is -2.22. The van der Waals surface area contributed by atoms with Gasteiger partial charge in [-0.05, 0) is 37.9 Å². The predicted octanol–water partition coefficient (Wildman–Crippen LogP) is 1.09. The Morgan fingerprint density at radius 2 is 2.24 bits per heavy atom. The van der Waals surface area contributed by atoms with Crippen LogP contribution in [0, 0.1) is 12.8 Å². The van der Waals surface area contributed by atoms with E-state index in [9.17, 15) is 8.42 Å². The molecule has 0 spiro atoms. The average Bonchev–Trinajstić information content (AvgIpc) is 2.63. The van der Waals surface area contributed by atoms with E-state index in [2.05, 4.69) is 10.3 Å². The standard InChI is InChI=1S/C12H18N2O2S/c1-9-3-4-10(7-14-9)12(13-2)11-5-6-17(15,16)8-11/h3-4,7,11-13H,5-6,8H2,1-2H3. The first-order valence-corrected chi connectivity index (χ1v) is 7.64. The maximum atomic E-state index is 11.5. The van der Waals surface area contributed by atoms with E-state index in [1.54, 1.807) is 0 Å². The number of nitrogens with zero attached hydrogens (tertiary/aromatic N) is 1. The summed E-state index contributed by atoms with van der Waals surface area (Å²) in [5, 5.41) is 3.21. The van der Waals surface area contributed by atoms with Gasteiger partial charge in [-0.15, -0.1) is 0 Å². The van der Waals surface area contributed by atoms with E-state index in [0.29, 0.717) is 5.75 Å². The van der Waals surface area contributed by atoms with Crippen molar-refractivity contribution in [3.05, 3.63) is 29.6 Å². The molecule has 2 atom stereocenters. The third-order valence-corrected chi connectivity index (χ3v) is 5.14. The lowest BCUT2D eigenvalue weighted by Crippen LogP contribution is -2.26. The fraction of sp³-hybridized carbons (Fsp3) is 0.583. The quantitative estimate of drug-likeness (QED) is 0.877. The molecule has 0 radical (unpaired) electrons. The maximum absolute atomic E-state index is 11.5. The van der Waals surface area contributed by atoms with Crippen molar-refractivity contribution in [2.75, 3.05) is 18.6 Å². The lowest BCUT2D eigenvalue weighted by atomic mass is 9.93. The summed E-state index contributed by atoms with van der Waals surface area (Å²) in [5.74, 6) is 0.760. The van der Waals surface area contributed by atoms with E-state index in [1.165, 1.54) is 0 Å². The predicted molar refractivity (Wildman–Crippen MR) is 67.5 cm³/mol. The van der Waals surface area contributed by atoms with Gasteiger partial charge in [0.2, 0.25) is 0 Å². The summed E-state index contributed by atoms with van der Waals surface area (Å²) in [6, 6.07) is 4.07. The van der Waals surface area contributed by atoms with Gasteiger partial charge in [0.15, 0.2) is 9.84 Å². The van der Waals surface area contributed by atoms with E-state index in [0.717, 1.165) is 17.7 Å². The Morgan fingerprint density at radius 3 is 2.71 bits per heavy atom. The third kappa shape index (κ3) is 2.84. The molecule has 94 valence electrons. The molecular formula is C12H18N2O2S. The number of aryl methyl sites for hydroxylation is 1. The molecule has 1 saturated heterocycles. The number of nitrogens with one attached hydrogen (secondary N) is 1. The summed E-state index contributed by atoms with van der Waals surface area (Å²) in [6.45, 7) is 1.94. The van der Waals surface area contributed by atoms with Gasteiger partial charge in [-0.3, -0.25) is 4.98 Å². The molecule has 1 aromatic heterocycles. The first kappa shape index (κ1) is 12.5. The molecule has 1 N–H and O–H groups in total. The van der Waals surface area contributed by atoms with Crippen molar-refractivity contribution < 1.29 is 8.42 Å². The zero-order valence-electron chi connectivity index (χ0n) is 10.2. The zero-order valence-corrected chi connectivity index (χ0v) is 11.0. The third-order valence-electron chi connectivity index (χ3n) is 3.34. The van der Waals surface area contributed by atoms with Gasteiger partial charge in [0, 0.05) is 17.9 Å². The molecule has 0 aromatic carbocycles. The highest BCUT2D eigenvalue weighted by atomic mass is 32.2. The van der Waals surface area contributed by atoms with E-state index in [-0.39, 0.29) is 17.7 Å². The van der Waals surface area contributed by atoms with Crippen LogP contribution >= 0.6 is 0 Å². The van der Waals surface area contributed by atoms with Gasteiger partial charge in [-0.25, -0.2) is 8.42 Å². The number of hydrogen-bond donors (Lipinski definition) is 1. The summed E-state index contributed by atoms with van der Waals surface area (Å²) in [4.78, 5) is 4.27. The number of sulfone groups is 1. The zero-order chi connectivity index (χ0) is 12.5. The topological polar surface area (TPSA) is 59.1 Å². The molecule has 1 fully saturated rings. The highest BCUT2D eigenvalue weighted by Crippen LogP contribution is 2.30. The van der Waals surface area contributed by atoms with Gasteiger partial charge in [0.25, 0.3) is 0 Å². The minimum absolute atomic E-state index is 0.0837. The van der Waals surface area contributed by atoms with Gasteiger partial charge in [0.1, 0.15) is 0 Å². The van der Waals surface area contributed by atoms with Crippen LogP contribution in [-0.2, 0) is 9.84 Å². The summed E-state index contributed by atoms with van der Waals surface area (Å²) < 4.78 is 23.0. The molecule has 0 saturated carbocycles. The highest BCUT2D eigenvalue weighted by molar-refractivity contribution is 7.91. The number of pyridine rings is 1. The van der Waals surface area contributed by atoms with Crippen molar-refractivity contribution in [3.8, 4) is 0 Å². The number of aromatic nitrogens is 1. The molecule has 1 aliphatic rings. The number of rotatable bonds is 3. The van der Waals surface area contributed by atoms with Crippen LogP contribution < -0.4 is 5.32 Å². The van der Waals surface area contributed by atoms with E-state index >= 15 is 0 Å². The van der Waals surface area contributed by atoms with E-state index < -0.39 is 9.84 Å². The Balaban J connectivity index is 2.20. The monoisotopic (exact) mass is 254 g/mol. The summed E-state index contributed by atoms with van der Waals surface area (Å²) >= 11 is 0. The van der Waals surface area contributed by atoms with Gasteiger partial charge in [-0.2, -0.15) is 0 Å². The summed E-state index contributed by atoms with van der Waals surface area (Å²) in [7, 11) is -0.957. The first-order chi connectivity index (χ1) is 8.02. The molecule has 5 heteroatoms. The summed E-state index contributed by atoms with van der Waals surface area (Å²) in [6.07, 6.45) is 2.57. The Labute approximate surface area is 102 Å². The van der Waals surface area contributed by atoms with E-state index in [1.807, 2.05) is 32.3 Å². The maximum Gasteiger partial charge on any atom is 0.150 e. The molecule has 1 aliphatic heterocycles. The van der Waals surface area contributed by atoms with Crippen LogP contribution in [0.2, 0.25) is 0 Å². The van der Waals surface area contributed by atoms with Crippen LogP contribution in [0.4, 0.5) is 0 Å². The Morgan fingerprint density at radius 1 is 1.47 bits per heavy atom. The van der Waals surface area contributed by atoms with Gasteiger partial charge in [-0.1, -0.05) is 6.07 Å². The van der Waals surface area contributed by atoms with Gasteiger partial charge >= 0.3 is 0 Å². The molecule has 0 aliphatic carbocycles. The van der Waals surface area contributed by atoms with Gasteiger partial charge in [0.05, 0.1) is 11.5 Å². The van der Waals surface area contributed by atoms with Crippen LogP contribution in [0.15, 0.2) is 18.3 Å². The fourth-order valence-electron chi connectivity index (χ4n) is 2.42. The van der Waals surface area contributed by atoms with Crippen molar-refractivity contribution >= 4 is 9.84 Å². The van der Waals surface area contributed by atoms with Crippen LogP contribution in [0.25, 0.3) is 0 Å². The van der Waals surface area contributed by atoms with Crippen molar-refractivity contribution in [2.24, 2.45) is 5.92 Å². The SMILES string of the molecule is CNC(c1ccc(C)nc1)C1CCS(=O)(=O)C1. The second-order valence-corrected chi connectivity index (χ2v) is 6.89. The van der Waals surface area contributed by atoms with Crippen LogP contribution in [0.5, 0.6) is 0 Å². The Hall–Kier alpha value is -0.940. The second-order valence-electron chi connectivity index (χ2n) is 4.66. The molecule has 0 amide bonds. The van der Waals surface area contributed by atoms with E-state index in [4.69, 9.17) is 0 Å². The molecular weight excluding hydrogens is 236 g/mol. The fourth-order valence-corrected chi connectivity index (χ4v) is 4.26. The number of hydrogen-bond acceptors (Lipinski definition) is 4. The average molecular weight is 254 g/mol. The van der Waals surface area contributed by atoms with Crippen molar-refractivity contribution in [1.29, 1.82) is 0 Å². The molecule has 2 heterocycles. The van der Waals surface area contributed by atoms with Crippen molar-refractivity contribution in [1.82, 2.24) is 10.3 Å². The molecule has 0 bridgehead atoms.